The van der Waals surface area contributed by atoms with E-state index >= 15 is 0 Å². The van der Waals surface area contributed by atoms with Gasteiger partial charge in [-0.2, -0.15) is 0 Å². The van der Waals surface area contributed by atoms with Crippen LogP contribution >= 0.6 is 0 Å². The minimum atomic E-state index is -0.643. The van der Waals surface area contributed by atoms with Crippen LogP contribution in [0.1, 0.15) is 35.3 Å². The molecule has 4 aromatic rings. The molecule has 0 radical (unpaired) electrons. The number of benzene rings is 2. The number of fused-ring (bicyclic) bond motifs is 2. The Morgan fingerprint density at radius 3 is 2.69 bits per heavy atom. The number of rotatable bonds is 4. The van der Waals surface area contributed by atoms with Crippen LogP contribution in [0.4, 0.5) is 4.79 Å². The number of nitrogens with two attached hydrogens (primary N) is 1. The number of primary amides is 1. The van der Waals surface area contributed by atoms with Crippen LogP contribution < -0.4 is 42.0 Å². The average molecular weight is 639 g/mol. The molecule has 1 fully saturated rings. The summed E-state index contributed by atoms with van der Waals surface area (Å²) in [6.45, 7) is 4.67. The van der Waals surface area contributed by atoms with Gasteiger partial charge in [-0.25, -0.2) is 4.79 Å². The van der Waals surface area contributed by atoms with E-state index in [0.717, 1.165) is 33.2 Å². The van der Waals surface area contributed by atoms with Gasteiger partial charge in [0.15, 0.2) is 0 Å². The second kappa shape index (κ2) is 10.1. The van der Waals surface area contributed by atoms with E-state index in [1.165, 1.54) is 18.0 Å². The summed E-state index contributed by atoms with van der Waals surface area (Å²) in [5.41, 5.74) is 8.94. The van der Waals surface area contributed by atoms with E-state index in [1.807, 2.05) is 26.0 Å². The third kappa shape index (κ3) is 5.29. The number of hydrogen-bond acceptors (Lipinski definition) is 7. The molecule has 0 saturated carbocycles. The topological polar surface area (TPSA) is 121 Å². The normalized spacial score (nSPS) is 20.4. The number of nitrogens with zero attached hydrogens (tertiary/aromatic N) is 3. The Hall–Kier alpha value is -3.67. The van der Waals surface area contributed by atoms with E-state index in [9.17, 15) is 9.59 Å². The molecule has 2 aliphatic heterocycles. The van der Waals surface area contributed by atoms with Crippen molar-refractivity contribution in [3.63, 3.8) is 0 Å². The second-order valence-electron chi connectivity index (χ2n) is 10.3. The van der Waals surface area contributed by atoms with E-state index in [-0.39, 0.29) is 39.0 Å². The summed E-state index contributed by atoms with van der Waals surface area (Å²) in [6.07, 6.45) is 2.79. The van der Waals surface area contributed by atoms with Gasteiger partial charge in [-0.1, -0.05) is 0 Å². The fourth-order valence-electron chi connectivity index (χ4n) is 4.94. The first-order valence-corrected chi connectivity index (χ1v) is 15.5. The first-order chi connectivity index (χ1) is 18.7. The van der Waals surface area contributed by atoms with Crippen molar-refractivity contribution in [1.82, 2.24) is 14.9 Å². The molecule has 2 aromatic heterocycles. The van der Waals surface area contributed by atoms with Gasteiger partial charge in [0.2, 0.25) is 0 Å². The Kier molecular flexibility index (Phi) is 6.66. The van der Waals surface area contributed by atoms with Crippen LogP contribution in [0.5, 0.6) is 11.6 Å². The van der Waals surface area contributed by atoms with Crippen molar-refractivity contribution >= 4 is 17.0 Å². The molecule has 1 unspecified atom stereocenters. The molecule has 9 nitrogen and oxygen atoms in total. The maximum absolute atomic E-state index is 11.6. The third-order valence-electron chi connectivity index (χ3n) is 7.19. The first-order valence-electron chi connectivity index (χ1n) is 12.7. The predicted molar refractivity (Wildman–Crippen MR) is 141 cm³/mol. The molecule has 2 aromatic carbocycles. The van der Waals surface area contributed by atoms with E-state index in [0.29, 0.717) is 34.1 Å². The summed E-state index contributed by atoms with van der Waals surface area (Å²) in [4.78, 5) is 33.7. The minimum absolute atomic E-state index is 0.176. The summed E-state index contributed by atoms with van der Waals surface area (Å²) in [5, 5.41) is 0.837. The van der Waals surface area contributed by atoms with Crippen LogP contribution in [0.2, 0.25) is 0 Å². The Bertz CT molecular complexity index is 1600. The summed E-state index contributed by atoms with van der Waals surface area (Å²) in [7, 11) is 0. The number of halogens is 1. The molecule has 0 aliphatic carbocycles. The second-order valence-corrected chi connectivity index (χ2v) is 13.3. The zero-order valence-corrected chi connectivity index (χ0v) is 23.8. The summed E-state index contributed by atoms with van der Waals surface area (Å²) in [6, 6.07) is 16.9. The van der Waals surface area contributed by atoms with Crippen LogP contribution in [-0.4, -0.2) is 43.7 Å². The monoisotopic (exact) mass is 639 g/mol. The van der Waals surface area contributed by atoms with Gasteiger partial charge < -0.3 is 4.42 Å². The Labute approximate surface area is 235 Å². The van der Waals surface area contributed by atoms with Crippen LogP contribution in [0.3, 0.4) is 0 Å². The molecular weight excluding hydrogens is 611 g/mol. The van der Waals surface area contributed by atoms with Crippen LogP contribution in [0.15, 0.2) is 70.1 Å². The summed E-state index contributed by atoms with van der Waals surface area (Å²) in [5.74, 6) is 1.17. The SMILES string of the molecule is CC1(C)Oc2cc3oc(=O)ccc3cc2C[C@@H]1Oc1cc(-c2ccc(C3CCN(C(N)=O)C[I-]3)cc2)ncn1. The predicted octanol–water partition coefficient (Wildman–Crippen LogP) is 1.28. The summed E-state index contributed by atoms with van der Waals surface area (Å²) < 4.78 is 19.3. The fourth-order valence-corrected chi connectivity index (χ4v) is 8.22. The summed E-state index contributed by atoms with van der Waals surface area (Å²) >= 11 is -0.176. The van der Waals surface area contributed by atoms with Crippen molar-refractivity contribution in [3.8, 4) is 22.9 Å². The molecule has 6 rings (SSSR count). The van der Waals surface area contributed by atoms with Crippen molar-refractivity contribution in [2.45, 2.75) is 42.3 Å². The van der Waals surface area contributed by atoms with Gasteiger partial charge in [0, 0.05) is 17.5 Å². The number of carbonyl (C=O) groups excluding carboxylic acids is 1. The first kappa shape index (κ1) is 25.6. The molecule has 0 spiro atoms. The zero-order chi connectivity index (χ0) is 27.1. The maximum atomic E-state index is 11.6. The van der Waals surface area contributed by atoms with Crippen LogP contribution in [-0.2, 0) is 6.42 Å². The van der Waals surface area contributed by atoms with Crippen molar-refractivity contribution in [3.05, 3.63) is 82.5 Å². The van der Waals surface area contributed by atoms with Crippen molar-refractivity contribution in [1.29, 1.82) is 0 Å². The van der Waals surface area contributed by atoms with Gasteiger partial charge in [-0.05, 0) is 12.1 Å². The molecule has 2 aliphatic rings. The number of carbonyl (C=O) groups is 1. The van der Waals surface area contributed by atoms with Gasteiger partial charge in [-0.3, -0.25) is 0 Å². The van der Waals surface area contributed by atoms with Gasteiger partial charge in [0.05, 0.1) is 0 Å². The zero-order valence-electron chi connectivity index (χ0n) is 21.6. The molecule has 1 saturated heterocycles. The van der Waals surface area contributed by atoms with Gasteiger partial charge >= 0.3 is 186 Å². The molecule has 2 atom stereocenters. The molecule has 202 valence electrons. The number of aromatic nitrogens is 2. The van der Waals surface area contributed by atoms with E-state index in [4.69, 9.17) is 19.6 Å². The number of alkyl halides is 2. The molecular formula is C29H28IN4O5-. The van der Waals surface area contributed by atoms with Crippen LogP contribution in [0, 0.1) is 0 Å². The van der Waals surface area contributed by atoms with Crippen molar-refractivity contribution in [2.24, 2.45) is 5.73 Å². The number of ether oxygens (including phenoxy) is 2. The number of urea groups is 1. The average Bonchev–Trinajstić information content (AvgIpc) is 2.93. The molecule has 2 amide bonds. The third-order valence-corrected chi connectivity index (χ3v) is 10.8. The van der Waals surface area contributed by atoms with Crippen molar-refractivity contribution in [2.75, 3.05) is 11.1 Å². The molecule has 10 heteroatoms. The van der Waals surface area contributed by atoms with Crippen LogP contribution in [0.25, 0.3) is 22.2 Å². The molecule has 0 bridgehead atoms. The standard InChI is InChI=1S/C29H28IN4O5/c1-29(2)25(12-20-11-19-7-8-27(35)37-23(19)14-24(20)39-29)38-26-13-22(32-16-33-26)18-5-3-17(4-6-18)21-9-10-34(15-30-21)28(31)36/h3-8,11,13-14,16,21,25H,9-10,12,15H2,1-2H3,(H2,31,36)/q-1/t21?,25-/m0/s1. The van der Waals surface area contributed by atoms with E-state index in [1.54, 1.807) is 17.0 Å². The van der Waals surface area contributed by atoms with Gasteiger partial charge in [0.25, 0.3) is 0 Å². The Balaban J connectivity index is 1.18. The number of amides is 2. The van der Waals surface area contributed by atoms with E-state index < -0.39 is 5.60 Å². The fraction of sp³-hybridized carbons (Fsp3) is 0.310. The van der Waals surface area contributed by atoms with Gasteiger partial charge in [0.1, 0.15) is 11.3 Å². The van der Waals surface area contributed by atoms with Crippen molar-refractivity contribution < 1.29 is 39.9 Å². The Morgan fingerprint density at radius 1 is 1.13 bits per heavy atom. The molecule has 4 heterocycles. The molecule has 39 heavy (non-hydrogen) atoms. The molecule has 2 N–H and O–H groups in total. The Morgan fingerprint density at radius 2 is 1.95 bits per heavy atom. The van der Waals surface area contributed by atoms with Gasteiger partial charge in [-0.15, -0.1) is 0 Å². The quantitative estimate of drug-likeness (QED) is 0.155. The number of hydrogen-bond donors (Lipinski definition) is 1. The van der Waals surface area contributed by atoms with E-state index in [2.05, 4.69) is 34.2 Å².